The zero-order valence-corrected chi connectivity index (χ0v) is 16.3. The van der Waals surface area contributed by atoms with Gasteiger partial charge in [-0.3, -0.25) is 10.2 Å². The van der Waals surface area contributed by atoms with Gasteiger partial charge in [0.1, 0.15) is 11.3 Å². The third-order valence-corrected chi connectivity index (χ3v) is 6.32. The molecule has 2 saturated carbocycles. The van der Waals surface area contributed by atoms with Gasteiger partial charge in [0.2, 0.25) is 0 Å². The fourth-order valence-electron chi connectivity index (χ4n) is 4.59. The third-order valence-electron chi connectivity index (χ3n) is 6.11. The number of hydrazine groups is 1. The molecule has 4 unspecified atom stereocenters. The first-order valence-corrected chi connectivity index (χ1v) is 9.70. The summed E-state index contributed by atoms with van der Waals surface area (Å²) in [5, 5.41) is 7.32. The number of nitrogens with zero attached hydrogens (tertiary/aromatic N) is 1. The number of amides is 3. The number of thiocarbonyl (C=S) groups is 1. The summed E-state index contributed by atoms with van der Waals surface area (Å²) in [4.78, 5) is 25.4. The number of fused-ring (bicyclic) bond motifs is 2. The molecular weight excluding hydrogens is 364 g/mol. The van der Waals surface area contributed by atoms with E-state index in [0.717, 1.165) is 17.3 Å². The number of hydrogen-bond acceptors (Lipinski definition) is 4. The van der Waals surface area contributed by atoms with Crippen molar-refractivity contribution in [2.45, 2.75) is 44.2 Å². The predicted molar refractivity (Wildman–Crippen MR) is 104 cm³/mol. The molecule has 3 amide bonds. The van der Waals surface area contributed by atoms with E-state index >= 15 is 0 Å². The number of rotatable bonds is 4. The molecule has 27 heavy (non-hydrogen) atoms. The molecule has 8 heteroatoms. The van der Waals surface area contributed by atoms with Gasteiger partial charge in [0, 0.05) is 6.04 Å². The number of ether oxygens (including phenoxy) is 1. The van der Waals surface area contributed by atoms with E-state index in [4.69, 9.17) is 17.0 Å². The van der Waals surface area contributed by atoms with E-state index in [0.29, 0.717) is 28.4 Å². The molecule has 2 bridgehead atoms. The summed E-state index contributed by atoms with van der Waals surface area (Å²) in [6, 6.07) is 6.91. The topological polar surface area (TPSA) is 82.7 Å². The quantitative estimate of drug-likeness (QED) is 0.541. The predicted octanol–water partition coefficient (Wildman–Crippen LogP) is 2.03. The molecule has 0 aromatic heterocycles. The Morgan fingerprint density at radius 2 is 2.15 bits per heavy atom. The van der Waals surface area contributed by atoms with Gasteiger partial charge in [-0.25, -0.2) is 4.79 Å². The van der Waals surface area contributed by atoms with E-state index in [2.05, 4.69) is 16.1 Å². The van der Waals surface area contributed by atoms with Crippen LogP contribution < -0.4 is 20.8 Å². The molecule has 1 saturated heterocycles. The van der Waals surface area contributed by atoms with Crippen molar-refractivity contribution in [3.05, 3.63) is 29.8 Å². The highest BCUT2D eigenvalue weighted by Gasteiger charge is 2.50. The summed E-state index contributed by atoms with van der Waals surface area (Å²) in [7, 11) is 1.56. The fraction of sp³-hybridized carbons (Fsp3) is 0.526. The first-order valence-electron chi connectivity index (χ1n) is 9.29. The molecule has 3 fully saturated rings. The Bertz CT molecular complexity index is 801. The Morgan fingerprint density at radius 1 is 1.33 bits per heavy atom. The maximum atomic E-state index is 13.0. The SMILES string of the molecule is COc1cccc(C2(C)NC(=O)N(NC(=S)NC3CC4CCC3C4)C2=O)c1. The Balaban J connectivity index is 1.45. The summed E-state index contributed by atoms with van der Waals surface area (Å²) < 4.78 is 5.23. The number of nitrogens with one attached hydrogen (secondary N) is 3. The van der Waals surface area contributed by atoms with Gasteiger partial charge >= 0.3 is 6.03 Å². The van der Waals surface area contributed by atoms with Crippen molar-refractivity contribution in [3.63, 3.8) is 0 Å². The summed E-state index contributed by atoms with van der Waals surface area (Å²) in [5.41, 5.74) is 2.25. The van der Waals surface area contributed by atoms with Gasteiger partial charge in [0.25, 0.3) is 5.91 Å². The lowest BCUT2D eigenvalue weighted by molar-refractivity contribution is -0.132. The van der Waals surface area contributed by atoms with Crippen molar-refractivity contribution in [2.24, 2.45) is 11.8 Å². The highest BCUT2D eigenvalue weighted by atomic mass is 32.1. The lowest BCUT2D eigenvalue weighted by Crippen LogP contribution is -2.53. The number of urea groups is 1. The first kappa shape index (κ1) is 18.0. The van der Waals surface area contributed by atoms with Gasteiger partial charge in [-0.15, -0.1) is 0 Å². The van der Waals surface area contributed by atoms with Crippen molar-refractivity contribution in [3.8, 4) is 5.75 Å². The maximum absolute atomic E-state index is 13.0. The van der Waals surface area contributed by atoms with E-state index in [1.807, 2.05) is 0 Å². The average Bonchev–Trinajstić information content (AvgIpc) is 3.33. The molecule has 7 nitrogen and oxygen atoms in total. The van der Waals surface area contributed by atoms with Crippen molar-refractivity contribution in [1.82, 2.24) is 21.1 Å². The number of benzene rings is 1. The molecule has 1 aliphatic heterocycles. The van der Waals surface area contributed by atoms with Crippen LogP contribution in [0.4, 0.5) is 4.79 Å². The van der Waals surface area contributed by atoms with Crippen LogP contribution in [0.2, 0.25) is 0 Å². The zero-order valence-electron chi connectivity index (χ0n) is 15.5. The zero-order chi connectivity index (χ0) is 19.2. The third kappa shape index (κ3) is 3.12. The lowest BCUT2D eigenvalue weighted by Gasteiger charge is -2.26. The van der Waals surface area contributed by atoms with Crippen LogP contribution in [0.3, 0.4) is 0 Å². The number of methoxy groups -OCH3 is 1. The highest BCUT2D eigenvalue weighted by molar-refractivity contribution is 7.80. The Kier molecular flexibility index (Phi) is 4.46. The summed E-state index contributed by atoms with van der Waals surface area (Å²) >= 11 is 5.36. The molecule has 2 aliphatic carbocycles. The highest BCUT2D eigenvalue weighted by Crippen LogP contribution is 2.44. The van der Waals surface area contributed by atoms with Crippen LogP contribution in [0.15, 0.2) is 24.3 Å². The fourth-order valence-corrected chi connectivity index (χ4v) is 4.84. The van der Waals surface area contributed by atoms with Crippen LogP contribution in [-0.4, -0.2) is 35.2 Å². The van der Waals surface area contributed by atoms with Crippen molar-refractivity contribution in [2.75, 3.05) is 7.11 Å². The molecule has 1 heterocycles. The van der Waals surface area contributed by atoms with Crippen LogP contribution in [0.5, 0.6) is 5.75 Å². The maximum Gasteiger partial charge on any atom is 0.344 e. The molecule has 1 aromatic rings. The number of carbonyl (C=O) groups is 2. The van der Waals surface area contributed by atoms with Crippen LogP contribution >= 0.6 is 12.2 Å². The van der Waals surface area contributed by atoms with Crippen molar-refractivity contribution >= 4 is 29.3 Å². The van der Waals surface area contributed by atoms with Gasteiger partial charge in [0.15, 0.2) is 5.11 Å². The number of carbonyl (C=O) groups excluding carboxylic acids is 2. The minimum atomic E-state index is -1.18. The minimum absolute atomic E-state index is 0.311. The summed E-state index contributed by atoms with van der Waals surface area (Å²) in [6.45, 7) is 1.68. The second-order valence-electron chi connectivity index (χ2n) is 7.79. The van der Waals surface area contributed by atoms with Gasteiger partial charge in [-0.1, -0.05) is 18.6 Å². The average molecular weight is 388 g/mol. The summed E-state index contributed by atoms with van der Waals surface area (Å²) in [6.07, 6.45) is 4.88. The minimum Gasteiger partial charge on any atom is -0.497 e. The van der Waals surface area contributed by atoms with Crippen LogP contribution in [0, 0.1) is 11.8 Å². The molecule has 3 N–H and O–H groups in total. The molecule has 4 atom stereocenters. The Morgan fingerprint density at radius 3 is 2.81 bits per heavy atom. The van der Waals surface area contributed by atoms with Gasteiger partial charge in [-0.05, 0) is 67.9 Å². The second kappa shape index (κ2) is 6.67. The smallest absolute Gasteiger partial charge is 0.344 e. The molecule has 0 radical (unpaired) electrons. The van der Waals surface area contributed by atoms with Crippen LogP contribution in [0.1, 0.15) is 38.2 Å². The van der Waals surface area contributed by atoms with Gasteiger partial charge < -0.3 is 15.4 Å². The molecule has 144 valence electrons. The van der Waals surface area contributed by atoms with Crippen LogP contribution in [-0.2, 0) is 10.3 Å². The Labute approximate surface area is 163 Å². The van der Waals surface area contributed by atoms with E-state index in [1.54, 1.807) is 38.3 Å². The van der Waals surface area contributed by atoms with E-state index in [9.17, 15) is 9.59 Å². The summed E-state index contributed by atoms with van der Waals surface area (Å²) in [5.74, 6) is 1.64. The van der Waals surface area contributed by atoms with Crippen LogP contribution in [0.25, 0.3) is 0 Å². The van der Waals surface area contributed by atoms with E-state index in [-0.39, 0.29) is 0 Å². The van der Waals surface area contributed by atoms with Gasteiger partial charge in [0.05, 0.1) is 7.11 Å². The largest absolute Gasteiger partial charge is 0.497 e. The van der Waals surface area contributed by atoms with Gasteiger partial charge in [-0.2, -0.15) is 5.01 Å². The number of hydrogen-bond donors (Lipinski definition) is 3. The lowest BCUT2D eigenvalue weighted by atomic mass is 9.92. The van der Waals surface area contributed by atoms with Crippen molar-refractivity contribution in [1.29, 1.82) is 0 Å². The Hall–Kier alpha value is -2.35. The molecule has 1 aromatic carbocycles. The number of imide groups is 1. The molecule has 0 spiro atoms. The molecular formula is C19H24N4O3S. The second-order valence-corrected chi connectivity index (χ2v) is 8.20. The molecule has 4 rings (SSSR count). The normalized spacial score (nSPS) is 31.8. The molecule has 3 aliphatic rings. The standard InChI is InChI=1S/C19H24N4O3S/c1-19(13-4-3-5-14(10-13)26-2)16(24)23(18(25)21-19)22-17(27)20-15-9-11-6-7-12(15)8-11/h3-5,10-12,15H,6-9H2,1-2H3,(H,21,25)(H2,20,22,27). The van der Waals surface area contributed by atoms with E-state index < -0.39 is 17.5 Å². The van der Waals surface area contributed by atoms with E-state index in [1.165, 1.54) is 19.3 Å². The van der Waals surface area contributed by atoms with Crippen molar-refractivity contribution < 1.29 is 14.3 Å². The first-order chi connectivity index (χ1) is 12.9. The monoisotopic (exact) mass is 388 g/mol.